The Morgan fingerprint density at radius 3 is 2.07 bits per heavy atom. The summed E-state index contributed by atoms with van der Waals surface area (Å²) in [6.45, 7) is 12.7. The minimum atomic E-state index is -0.533. The second-order valence-corrected chi connectivity index (χ2v) is 11.0. The molecule has 3 fully saturated rings. The van der Waals surface area contributed by atoms with Gasteiger partial charge in [-0.2, -0.15) is 0 Å². The SMILES string of the molecule is C[C@@H]1[C@H]2CC[C@H](C[P+]2(C)C)C1(C)C.[I-]. The molecule has 2 saturated heterocycles. The third-order valence-electron chi connectivity index (χ3n) is 5.20. The van der Waals surface area contributed by atoms with Gasteiger partial charge in [0.05, 0.1) is 11.8 Å². The summed E-state index contributed by atoms with van der Waals surface area (Å²) in [5.74, 6) is 2.01. The Morgan fingerprint density at radius 1 is 1.14 bits per heavy atom. The van der Waals surface area contributed by atoms with Gasteiger partial charge in [-0.05, 0) is 30.1 Å². The van der Waals surface area contributed by atoms with Crippen LogP contribution in [0.3, 0.4) is 0 Å². The highest BCUT2D eigenvalue weighted by Gasteiger charge is 2.58. The molecule has 0 spiro atoms. The number of fused-ring (bicyclic) bond motifs is 3. The molecule has 2 aliphatic heterocycles. The van der Waals surface area contributed by atoms with Gasteiger partial charge in [0.1, 0.15) is 0 Å². The molecule has 3 aliphatic rings. The van der Waals surface area contributed by atoms with Gasteiger partial charge >= 0.3 is 0 Å². The fourth-order valence-electron chi connectivity index (χ4n) is 3.85. The van der Waals surface area contributed by atoms with Gasteiger partial charge in [0, 0.05) is 20.6 Å². The maximum Gasteiger partial charge on any atom is 0.0723 e. The summed E-state index contributed by atoms with van der Waals surface area (Å²) in [6.07, 6.45) is 4.64. The van der Waals surface area contributed by atoms with E-state index in [0.29, 0.717) is 5.41 Å². The first-order valence-corrected chi connectivity index (χ1v) is 8.62. The molecule has 2 bridgehead atoms. The van der Waals surface area contributed by atoms with Gasteiger partial charge in [-0.3, -0.25) is 0 Å². The molecular formula is C12H24IP. The van der Waals surface area contributed by atoms with Crippen LogP contribution in [0.4, 0.5) is 0 Å². The minimum absolute atomic E-state index is 0. The summed E-state index contributed by atoms with van der Waals surface area (Å²) in [4.78, 5) is 0. The topological polar surface area (TPSA) is 0 Å². The lowest BCUT2D eigenvalue weighted by Crippen LogP contribution is -3.00. The van der Waals surface area contributed by atoms with Crippen molar-refractivity contribution in [3.05, 3.63) is 0 Å². The van der Waals surface area contributed by atoms with Gasteiger partial charge in [0.25, 0.3) is 0 Å². The molecule has 3 atom stereocenters. The molecule has 2 heterocycles. The van der Waals surface area contributed by atoms with Crippen molar-refractivity contribution in [1.82, 2.24) is 0 Å². The second-order valence-electron chi connectivity index (χ2n) is 6.41. The minimum Gasteiger partial charge on any atom is -1.00 e. The Labute approximate surface area is 107 Å². The van der Waals surface area contributed by atoms with E-state index >= 15 is 0 Å². The molecule has 0 nitrogen and oxygen atoms in total. The number of hydrogen-bond donors (Lipinski definition) is 0. The van der Waals surface area contributed by atoms with Crippen LogP contribution < -0.4 is 24.0 Å². The van der Waals surface area contributed by atoms with Crippen LogP contribution in [0.25, 0.3) is 0 Å². The highest BCUT2D eigenvalue weighted by Crippen LogP contribution is 2.72. The maximum atomic E-state index is 2.59. The zero-order valence-electron chi connectivity index (χ0n) is 10.2. The molecule has 1 aliphatic carbocycles. The average Bonchev–Trinajstić information content (AvgIpc) is 1.98. The van der Waals surface area contributed by atoms with Gasteiger partial charge < -0.3 is 24.0 Å². The van der Waals surface area contributed by atoms with Crippen LogP contribution in [-0.4, -0.2) is 25.2 Å². The van der Waals surface area contributed by atoms with Crippen molar-refractivity contribution in [2.24, 2.45) is 17.3 Å². The van der Waals surface area contributed by atoms with Gasteiger partial charge in [0.15, 0.2) is 0 Å². The number of halogens is 1. The van der Waals surface area contributed by atoms with Crippen LogP contribution in [0.1, 0.15) is 33.6 Å². The number of hydrogen-bond acceptors (Lipinski definition) is 0. The van der Waals surface area contributed by atoms with Crippen LogP contribution in [0.2, 0.25) is 0 Å². The van der Waals surface area contributed by atoms with E-state index in [2.05, 4.69) is 34.1 Å². The first-order chi connectivity index (χ1) is 5.86. The molecular weight excluding hydrogens is 302 g/mol. The quantitative estimate of drug-likeness (QED) is 0.455. The predicted octanol–water partition coefficient (Wildman–Crippen LogP) is 0.722. The molecule has 0 aromatic carbocycles. The number of rotatable bonds is 0. The van der Waals surface area contributed by atoms with Crippen molar-refractivity contribution >= 4 is 7.26 Å². The van der Waals surface area contributed by atoms with Crippen LogP contribution in [0.15, 0.2) is 0 Å². The lowest BCUT2D eigenvalue weighted by molar-refractivity contribution is -0.00000330. The monoisotopic (exact) mass is 326 g/mol. The normalized spacial score (nSPS) is 43.1. The summed E-state index contributed by atoms with van der Waals surface area (Å²) in [5, 5.41) is 0. The van der Waals surface area contributed by atoms with E-state index in [0.717, 1.165) is 17.5 Å². The summed E-state index contributed by atoms with van der Waals surface area (Å²) in [6, 6.07) is 0. The predicted molar refractivity (Wildman–Crippen MR) is 63.1 cm³/mol. The summed E-state index contributed by atoms with van der Waals surface area (Å²) >= 11 is 0. The zero-order chi connectivity index (χ0) is 9.85. The van der Waals surface area contributed by atoms with Gasteiger partial charge in [-0.1, -0.05) is 20.8 Å². The molecule has 2 heteroatoms. The van der Waals surface area contributed by atoms with Crippen LogP contribution in [-0.2, 0) is 0 Å². The Bertz CT molecular complexity index is 218. The smallest absolute Gasteiger partial charge is 0.0723 e. The molecule has 0 aromatic heterocycles. The Morgan fingerprint density at radius 2 is 1.71 bits per heavy atom. The first kappa shape index (κ1) is 13.2. The van der Waals surface area contributed by atoms with Crippen molar-refractivity contribution in [2.45, 2.75) is 39.3 Å². The first-order valence-electron chi connectivity index (χ1n) is 5.68. The van der Waals surface area contributed by atoms with Crippen LogP contribution in [0.5, 0.6) is 0 Å². The second kappa shape index (κ2) is 3.87. The van der Waals surface area contributed by atoms with E-state index in [1.54, 1.807) is 6.16 Å². The van der Waals surface area contributed by atoms with Crippen LogP contribution >= 0.6 is 7.26 Å². The van der Waals surface area contributed by atoms with E-state index in [4.69, 9.17) is 0 Å². The Balaban J connectivity index is 0.000000980. The van der Waals surface area contributed by atoms with Crippen LogP contribution in [0, 0.1) is 17.3 Å². The molecule has 0 amide bonds. The molecule has 0 aromatic rings. The van der Waals surface area contributed by atoms with Gasteiger partial charge in [0.2, 0.25) is 0 Å². The lowest BCUT2D eigenvalue weighted by Gasteiger charge is -2.56. The summed E-state index contributed by atoms with van der Waals surface area (Å²) < 4.78 is 0. The third kappa shape index (κ3) is 1.77. The standard InChI is InChI=1S/C12H24P.HI/c1-9-11-7-6-10(12(9,2)3)8-13(11,4)5;/h9-11H,6-8H2,1-5H3;1H/q+1;/p-1/t9-,10-,11-;/m1./s1. The van der Waals surface area contributed by atoms with Gasteiger partial charge in [-0.25, -0.2) is 0 Å². The van der Waals surface area contributed by atoms with E-state index in [-0.39, 0.29) is 24.0 Å². The van der Waals surface area contributed by atoms with E-state index in [1.165, 1.54) is 12.8 Å². The summed E-state index contributed by atoms with van der Waals surface area (Å²) in [5.41, 5.74) is 1.73. The molecule has 1 saturated carbocycles. The largest absolute Gasteiger partial charge is 1.00 e. The van der Waals surface area contributed by atoms with E-state index in [1.807, 2.05) is 0 Å². The zero-order valence-corrected chi connectivity index (χ0v) is 13.2. The van der Waals surface area contributed by atoms with Crippen molar-refractivity contribution in [3.8, 4) is 0 Å². The van der Waals surface area contributed by atoms with Crippen molar-refractivity contribution in [3.63, 3.8) is 0 Å². The average molecular weight is 326 g/mol. The lowest BCUT2D eigenvalue weighted by atomic mass is 9.63. The molecule has 0 radical (unpaired) electrons. The van der Waals surface area contributed by atoms with Crippen molar-refractivity contribution in [2.75, 3.05) is 19.5 Å². The Kier molecular flexibility index (Phi) is 3.66. The van der Waals surface area contributed by atoms with E-state index in [9.17, 15) is 0 Å². The highest BCUT2D eigenvalue weighted by atomic mass is 127. The molecule has 84 valence electrons. The van der Waals surface area contributed by atoms with Crippen molar-refractivity contribution < 1.29 is 24.0 Å². The fraction of sp³-hybridized carbons (Fsp3) is 1.00. The van der Waals surface area contributed by atoms with E-state index < -0.39 is 7.26 Å². The molecule has 3 rings (SSSR count). The fourth-order valence-corrected chi connectivity index (χ4v) is 8.35. The van der Waals surface area contributed by atoms with Crippen molar-refractivity contribution in [1.29, 1.82) is 0 Å². The summed E-state index contributed by atoms with van der Waals surface area (Å²) in [7, 11) is -0.533. The maximum absolute atomic E-state index is 2.59. The van der Waals surface area contributed by atoms with Gasteiger partial charge in [-0.15, -0.1) is 0 Å². The molecule has 0 unspecified atom stereocenters. The third-order valence-corrected chi connectivity index (χ3v) is 9.09. The Hall–Kier alpha value is 1.16. The molecule has 14 heavy (non-hydrogen) atoms. The molecule has 0 N–H and O–H groups in total. The highest BCUT2D eigenvalue weighted by molar-refractivity contribution is 7.75.